The highest BCUT2D eigenvalue weighted by Gasteiger charge is 2.32. The van der Waals surface area contributed by atoms with Crippen LogP contribution in [0.3, 0.4) is 0 Å². The summed E-state index contributed by atoms with van der Waals surface area (Å²) in [6.45, 7) is 6.49. The van der Waals surface area contributed by atoms with Crippen LogP contribution in [0, 0.1) is 11.7 Å². The molecule has 194 valence electrons. The van der Waals surface area contributed by atoms with E-state index < -0.39 is 15.8 Å². The number of carbonyl (C=O) groups is 1. The molecule has 0 aliphatic carbocycles. The number of hydrogen-bond donors (Lipinski definition) is 0. The van der Waals surface area contributed by atoms with Gasteiger partial charge in [0.15, 0.2) is 4.80 Å². The molecule has 3 aromatic rings. The average molecular weight is 536 g/mol. The number of aromatic nitrogens is 1. The van der Waals surface area contributed by atoms with E-state index in [1.165, 1.54) is 27.8 Å². The molecule has 1 aliphatic heterocycles. The normalized spacial score (nSPS) is 16.0. The predicted octanol–water partition coefficient (Wildman–Crippen LogP) is 3.81. The van der Waals surface area contributed by atoms with Gasteiger partial charge in [0.1, 0.15) is 11.6 Å². The van der Waals surface area contributed by atoms with Gasteiger partial charge < -0.3 is 14.0 Å². The third-order valence-electron chi connectivity index (χ3n) is 6.09. The Hall–Kier alpha value is -2.60. The van der Waals surface area contributed by atoms with Gasteiger partial charge in [0.25, 0.3) is 5.91 Å². The molecule has 8 nitrogen and oxygen atoms in total. The van der Waals surface area contributed by atoms with Crippen LogP contribution in [0.25, 0.3) is 10.2 Å². The maximum absolute atomic E-state index is 13.2. The summed E-state index contributed by atoms with van der Waals surface area (Å²) in [7, 11) is -3.74. The summed E-state index contributed by atoms with van der Waals surface area (Å²) in [6.07, 6.45) is 0.752. The van der Waals surface area contributed by atoms with Crippen molar-refractivity contribution in [3.63, 3.8) is 0 Å². The number of carbonyl (C=O) groups excluding carboxylic acids is 1. The van der Waals surface area contributed by atoms with E-state index in [9.17, 15) is 17.6 Å². The van der Waals surface area contributed by atoms with Crippen molar-refractivity contribution in [3.05, 3.63) is 53.1 Å². The highest BCUT2D eigenvalue weighted by atomic mass is 32.2. The van der Waals surface area contributed by atoms with Crippen molar-refractivity contribution >= 4 is 37.5 Å². The van der Waals surface area contributed by atoms with Crippen LogP contribution in [0.5, 0.6) is 5.75 Å². The summed E-state index contributed by atoms with van der Waals surface area (Å²) in [6, 6.07) is 10.6. The van der Waals surface area contributed by atoms with E-state index in [0.717, 1.165) is 28.1 Å². The quantitative estimate of drug-likeness (QED) is 0.389. The van der Waals surface area contributed by atoms with Crippen LogP contribution in [0.1, 0.15) is 26.7 Å². The monoisotopic (exact) mass is 535 g/mol. The van der Waals surface area contributed by atoms with Crippen LogP contribution < -0.4 is 9.54 Å². The smallest absolute Gasteiger partial charge is 0.251 e. The molecule has 11 heteroatoms. The van der Waals surface area contributed by atoms with Gasteiger partial charge in [-0.25, -0.2) is 12.8 Å². The van der Waals surface area contributed by atoms with E-state index in [2.05, 4.69) is 4.99 Å². The second-order valence-electron chi connectivity index (χ2n) is 8.38. The van der Waals surface area contributed by atoms with Gasteiger partial charge in [-0.15, -0.1) is 0 Å². The summed E-state index contributed by atoms with van der Waals surface area (Å²) in [5.41, 5.74) is 0.954. The summed E-state index contributed by atoms with van der Waals surface area (Å²) in [5.74, 6) is -0.352. The van der Waals surface area contributed by atoms with Crippen molar-refractivity contribution < 1.29 is 27.1 Å². The topological polar surface area (TPSA) is 90.2 Å². The molecule has 1 aromatic heterocycles. The van der Waals surface area contributed by atoms with E-state index in [1.807, 2.05) is 36.6 Å². The van der Waals surface area contributed by atoms with Gasteiger partial charge in [-0.3, -0.25) is 4.79 Å². The number of benzene rings is 2. The van der Waals surface area contributed by atoms with E-state index >= 15 is 0 Å². The number of thiazole rings is 1. The molecular formula is C25H30FN3O5S2. The Morgan fingerprint density at radius 3 is 2.50 bits per heavy atom. The first-order valence-electron chi connectivity index (χ1n) is 12.0. The number of amides is 1. The minimum Gasteiger partial charge on any atom is -0.494 e. The number of piperidine rings is 1. The lowest BCUT2D eigenvalue weighted by molar-refractivity contribution is -0.122. The van der Waals surface area contributed by atoms with Gasteiger partial charge in [0.05, 0.1) is 28.3 Å². The number of hydrogen-bond acceptors (Lipinski definition) is 6. The summed E-state index contributed by atoms with van der Waals surface area (Å²) < 4.78 is 54.4. The molecule has 1 aliphatic rings. The van der Waals surface area contributed by atoms with E-state index in [-0.39, 0.29) is 29.8 Å². The predicted molar refractivity (Wildman–Crippen MR) is 136 cm³/mol. The van der Waals surface area contributed by atoms with Gasteiger partial charge in [0.2, 0.25) is 10.0 Å². The van der Waals surface area contributed by atoms with Crippen molar-refractivity contribution in [2.45, 2.75) is 38.1 Å². The fourth-order valence-corrected chi connectivity index (χ4v) is 6.76. The molecule has 2 aromatic carbocycles. The lowest BCUT2D eigenvalue weighted by Crippen LogP contribution is -2.40. The highest BCUT2D eigenvalue weighted by Crippen LogP contribution is 2.26. The SMILES string of the molecule is CCOCCn1c(=NC(=O)C2CCN(S(=O)(=O)c3ccc(F)cc3)CC2)sc2cc(OCC)ccc21. The van der Waals surface area contributed by atoms with Crippen LogP contribution in [0.4, 0.5) is 4.39 Å². The van der Waals surface area contributed by atoms with Gasteiger partial charge in [0, 0.05) is 32.2 Å². The van der Waals surface area contributed by atoms with Crippen molar-refractivity contribution in [3.8, 4) is 5.75 Å². The molecule has 0 spiro atoms. The lowest BCUT2D eigenvalue weighted by atomic mass is 9.98. The second kappa shape index (κ2) is 11.6. The van der Waals surface area contributed by atoms with E-state index in [1.54, 1.807) is 0 Å². The maximum atomic E-state index is 13.2. The van der Waals surface area contributed by atoms with Crippen molar-refractivity contribution in [2.75, 3.05) is 32.9 Å². The first-order valence-corrected chi connectivity index (χ1v) is 14.3. The minimum atomic E-state index is -3.74. The second-order valence-corrected chi connectivity index (χ2v) is 11.3. The van der Waals surface area contributed by atoms with Crippen LogP contribution in [0.2, 0.25) is 0 Å². The zero-order valence-corrected chi connectivity index (χ0v) is 22.0. The van der Waals surface area contributed by atoms with Gasteiger partial charge in [-0.2, -0.15) is 9.30 Å². The van der Waals surface area contributed by atoms with Gasteiger partial charge in [-0.1, -0.05) is 11.3 Å². The van der Waals surface area contributed by atoms with Crippen molar-refractivity contribution in [1.82, 2.24) is 8.87 Å². The number of fused-ring (bicyclic) bond motifs is 1. The molecule has 36 heavy (non-hydrogen) atoms. The number of halogens is 1. The Morgan fingerprint density at radius 1 is 1.11 bits per heavy atom. The molecule has 4 rings (SSSR count). The fraction of sp³-hybridized carbons (Fsp3) is 0.440. The summed E-state index contributed by atoms with van der Waals surface area (Å²) in [4.78, 5) is 18.2. The van der Waals surface area contributed by atoms with Gasteiger partial charge in [-0.05, 0) is 69.2 Å². The maximum Gasteiger partial charge on any atom is 0.251 e. The molecule has 1 saturated heterocycles. The Kier molecular flexibility index (Phi) is 8.55. The van der Waals surface area contributed by atoms with E-state index in [0.29, 0.717) is 44.0 Å². The number of sulfonamides is 1. The number of rotatable bonds is 9. The lowest BCUT2D eigenvalue weighted by Gasteiger charge is -2.29. The minimum absolute atomic E-state index is 0.0467. The summed E-state index contributed by atoms with van der Waals surface area (Å²) >= 11 is 1.42. The Balaban J connectivity index is 1.53. The molecule has 0 saturated carbocycles. The molecule has 0 unspecified atom stereocenters. The van der Waals surface area contributed by atoms with Crippen LogP contribution in [0.15, 0.2) is 52.4 Å². The molecule has 0 bridgehead atoms. The number of ether oxygens (including phenoxy) is 2. The first-order chi connectivity index (χ1) is 17.3. The third-order valence-corrected chi connectivity index (χ3v) is 9.04. The standard InChI is InChI=1S/C25H30FN3O5S2/c1-3-33-16-15-29-22-10-7-20(34-4-2)17-23(22)35-25(29)27-24(30)18-11-13-28(14-12-18)36(31,32)21-8-5-19(26)6-9-21/h5-10,17-18H,3-4,11-16H2,1-2H3. The molecule has 0 N–H and O–H groups in total. The first kappa shape index (κ1) is 26.5. The molecule has 1 amide bonds. The fourth-order valence-electron chi connectivity index (χ4n) is 4.20. The van der Waals surface area contributed by atoms with E-state index in [4.69, 9.17) is 9.47 Å². The van der Waals surface area contributed by atoms with Crippen molar-refractivity contribution in [2.24, 2.45) is 10.9 Å². The zero-order valence-electron chi connectivity index (χ0n) is 20.4. The molecule has 0 atom stereocenters. The van der Waals surface area contributed by atoms with Crippen LogP contribution in [-0.4, -0.2) is 56.1 Å². The Morgan fingerprint density at radius 2 is 1.83 bits per heavy atom. The molecule has 2 heterocycles. The van der Waals surface area contributed by atoms with Crippen molar-refractivity contribution in [1.29, 1.82) is 0 Å². The Labute approximate surface area is 214 Å². The number of nitrogens with zero attached hydrogens (tertiary/aromatic N) is 3. The summed E-state index contributed by atoms with van der Waals surface area (Å²) in [5, 5.41) is 0. The average Bonchev–Trinajstić information content (AvgIpc) is 3.21. The molecule has 0 radical (unpaired) electrons. The Bertz CT molecular complexity index is 1370. The molecular weight excluding hydrogens is 505 g/mol. The van der Waals surface area contributed by atoms with Crippen LogP contribution in [-0.2, 0) is 26.1 Å². The largest absolute Gasteiger partial charge is 0.494 e. The van der Waals surface area contributed by atoms with Gasteiger partial charge >= 0.3 is 0 Å². The molecule has 1 fully saturated rings. The van der Waals surface area contributed by atoms with Crippen LogP contribution >= 0.6 is 11.3 Å². The third kappa shape index (κ3) is 5.86. The highest BCUT2D eigenvalue weighted by molar-refractivity contribution is 7.89. The zero-order chi connectivity index (χ0) is 25.7.